The molecular weight excluding hydrogens is 488 g/mol. The molecule has 0 saturated carbocycles. The molecule has 0 saturated heterocycles. The van der Waals surface area contributed by atoms with Crippen molar-refractivity contribution in [3.05, 3.63) is 94.6 Å². The third-order valence-corrected chi connectivity index (χ3v) is 7.03. The van der Waals surface area contributed by atoms with E-state index in [2.05, 4.69) is 18.0 Å². The first kappa shape index (κ1) is 23.8. The van der Waals surface area contributed by atoms with Crippen molar-refractivity contribution < 1.29 is 4.74 Å². The first-order chi connectivity index (χ1) is 17.7. The summed E-state index contributed by atoms with van der Waals surface area (Å²) in [5.74, 6) is 0.653. The maximum Gasteiger partial charge on any atom is 0.137 e. The van der Waals surface area contributed by atoms with Crippen molar-refractivity contribution in [2.24, 2.45) is 0 Å². The van der Waals surface area contributed by atoms with Crippen LogP contribution in [-0.2, 0) is 0 Å². The van der Waals surface area contributed by atoms with E-state index in [1.807, 2.05) is 89.8 Å². The number of nitriles is 1. The van der Waals surface area contributed by atoms with Crippen molar-refractivity contribution in [2.75, 3.05) is 6.61 Å². The largest absolute Gasteiger partial charge is 0.492 e. The van der Waals surface area contributed by atoms with Gasteiger partial charge in [-0.1, -0.05) is 55.3 Å². The Kier molecular flexibility index (Phi) is 7.13. The molecule has 0 aliphatic carbocycles. The third kappa shape index (κ3) is 5.03. The Morgan fingerprint density at radius 1 is 1.11 bits per heavy atom. The van der Waals surface area contributed by atoms with E-state index < -0.39 is 0 Å². The van der Waals surface area contributed by atoms with Gasteiger partial charge in [0.25, 0.3) is 0 Å². The van der Waals surface area contributed by atoms with Crippen LogP contribution in [0.4, 0.5) is 0 Å². The van der Waals surface area contributed by atoms with E-state index in [1.54, 1.807) is 0 Å². The molecule has 0 unspecified atom stereocenters. The number of unbranched alkanes of at least 4 members (excludes halogenated alkanes) is 1. The van der Waals surface area contributed by atoms with Gasteiger partial charge in [0.05, 0.1) is 33.1 Å². The summed E-state index contributed by atoms with van der Waals surface area (Å²) in [4.78, 5) is 4.67. The van der Waals surface area contributed by atoms with Crippen molar-refractivity contribution in [1.29, 1.82) is 5.26 Å². The molecule has 3 aromatic carbocycles. The molecule has 5 nitrogen and oxygen atoms in total. The van der Waals surface area contributed by atoms with Crippen molar-refractivity contribution in [2.45, 2.75) is 19.8 Å². The van der Waals surface area contributed by atoms with E-state index in [-0.39, 0.29) is 0 Å². The lowest BCUT2D eigenvalue weighted by Gasteiger charge is -2.09. The first-order valence-electron chi connectivity index (χ1n) is 11.7. The van der Waals surface area contributed by atoms with Gasteiger partial charge < -0.3 is 4.74 Å². The molecule has 0 fully saturated rings. The highest BCUT2D eigenvalue weighted by Gasteiger charge is 2.16. The van der Waals surface area contributed by atoms with Crippen LogP contribution in [0.25, 0.3) is 38.8 Å². The van der Waals surface area contributed by atoms with Crippen molar-refractivity contribution in [1.82, 2.24) is 14.8 Å². The van der Waals surface area contributed by atoms with E-state index >= 15 is 0 Å². The van der Waals surface area contributed by atoms with Crippen LogP contribution in [0.2, 0.25) is 5.02 Å². The molecule has 0 atom stereocenters. The highest BCUT2D eigenvalue weighted by atomic mass is 35.5. The number of aromatic nitrogens is 3. The minimum Gasteiger partial charge on any atom is -0.492 e. The van der Waals surface area contributed by atoms with Gasteiger partial charge in [0.1, 0.15) is 22.5 Å². The van der Waals surface area contributed by atoms with Crippen molar-refractivity contribution in [3.63, 3.8) is 0 Å². The summed E-state index contributed by atoms with van der Waals surface area (Å²) < 4.78 is 8.68. The first-order valence-corrected chi connectivity index (χ1v) is 12.9. The number of rotatable bonds is 8. The Morgan fingerprint density at radius 2 is 1.92 bits per heavy atom. The van der Waals surface area contributed by atoms with Gasteiger partial charge in [-0.3, -0.25) is 0 Å². The highest BCUT2D eigenvalue weighted by Crippen LogP contribution is 2.34. The van der Waals surface area contributed by atoms with Gasteiger partial charge in [0.2, 0.25) is 0 Å². The maximum absolute atomic E-state index is 10.0. The predicted molar refractivity (Wildman–Crippen MR) is 148 cm³/mol. The lowest BCUT2D eigenvalue weighted by atomic mass is 10.1. The summed E-state index contributed by atoms with van der Waals surface area (Å²) in [6, 6.07) is 25.8. The smallest absolute Gasteiger partial charge is 0.137 e. The normalized spacial score (nSPS) is 11.5. The molecule has 0 N–H and O–H groups in total. The Bertz CT molecular complexity index is 1550. The fraction of sp³-hybridized carbons (Fsp3) is 0.138. The molecule has 0 aliphatic heterocycles. The number of ether oxygens (including phenoxy) is 1. The summed E-state index contributed by atoms with van der Waals surface area (Å²) in [7, 11) is 0. The quantitative estimate of drug-likeness (QED) is 0.156. The molecular formula is C29H23ClN4OS. The van der Waals surface area contributed by atoms with Gasteiger partial charge in [-0.15, -0.1) is 11.3 Å². The molecule has 0 aliphatic rings. The Hall–Kier alpha value is -3.92. The molecule has 36 heavy (non-hydrogen) atoms. The second-order valence-corrected chi connectivity index (χ2v) is 9.65. The molecule has 5 rings (SSSR count). The molecule has 7 heteroatoms. The number of hydrogen-bond donors (Lipinski definition) is 0. The standard InChI is InChI=1S/C29H23ClN4OS/c1-2-3-15-35-26-14-13-20(17-24(26)30)28-22(19-34(33-28)23-9-5-4-6-10-23)16-21(18-31)29-32-25-11-7-8-12-27(25)36-29/h4-14,16-17,19H,2-3,15H2,1H3/b21-16-. The average molecular weight is 511 g/mol. The van der Waals surface area contributed by atoms with Gasteiger partial charge in [0.15, 0.2) is 0 Å². The molecule has 0 radical (unpaired) electrons. The van der Waals surface area contributed by atoms with Gasteiger partial charge in [-0.2, -0.15) is 10.4 Å². The number of nitrogens with zero attached hydrogens (tertiary/aromatic N) is 4. The summed E-state index contributed by atoms with van der Waals surface area (Å²) in [5, 5.41) is 16.1. The zero-order valence-corrected chi connectivity index (χ0v) is 21.3. The summed E-state index contributed by atoms with van der Waals surface area (Å²) >= 11 is 8.07. The molecule has 0 amide bonds. The molecule has 5 aromatic rings. The maximum atomic E-state index is 10.0. The minimum atomic E-state index is 0.482. The van der Waals surface area contributed by atoms with Gasteiger partial charge in [-0.25, -0.2) is 9.67 Å². The predicted octanol–water partition coefficient (Wildman–Crippen LogP) is 8.05. The molecule has 0 spiro atoms. The number of fused-ring (bicyclic) bond motifs is 1. The lowest BCUT2D eigenvalue weighted by molar-refractivity contribution is 0.309. The van der Waals surface area contributed by atoms with E-state index in [9.17, 15) is 5.26 Å². The SMILES string of the molecule is CCCCOc1ccc(-c2nn(-c3ccccc3)cc2/C=C(/C#N)c2nc3ccccc3s2)cc1Cl. The second-order valence-electron chi connectivity index (χ2n) is 8.22. The van der Waals surface area contributed by atoms with Gasteiger partial charge >= 0.3 is 0 Å². The number of thiazole rings is 1. The van der Waals surface area contributed by atoms with Crippen molar-refractivity contribution in [3.8, 4) is 28.8 Å². The summed E-state index contributed by atoms with van der Waals surface area (Å²) in [6.45, 7) is 2.75. The van der Waals surface area contributed by atoms with Crippen LogP contribution in [0.5, 0.6) is 5.75 Å². The Morgan fingerprint density at radius 3 is 2.67 bits per heavy atom. The summed E-state index contributed by atoms with van der Waals surface area (Å²) in [6.07, 6.45) is 5.79. The van der Waals surface area contributed by atoms with Crippen LogP contribution in [0.3, 0.4) is 0 Å². The number of benzene rings is 3. The van der Waals surface area contributed by atoms with Gasteiger partial charge in [0, 0.05) is 17.3 Å². The Labute approximate surface area is 218 Å². The number of halogens is 1. The van der Waals surface area contributed by atoms with E-state index in [4.69, 9.17) is 21.4 Å². The molecule has 0 bridgehead atoms. The van der Waals surface area contributed by atoms with E-state index in [1.165, 1.54) is 11.3 Å². The lowest BCUT2D eigenvalue weighted by Crippen LogP contribution is -1.97. The second kappa shape index (κ2) is 10.8. The van der Waals surface area contributed by atoms with E-state index in [0.717, 1.165) is 45.6 Å². The van der Waals surface area contributed by atoms with Crippen LogP contribution in [0.15, 0.2) is 79.0 Å². The fourth-order valence-corrected chi connectivity index (χ4v) is 4.97. The Balaban J connectivity index is 1.59. The highest BCUT2D eigenvalue weighted by molar-refractivity contribution is 7.19. The average Bonchev–Trinajstić information content (AvgIpc) is 3.53. The zero-order chi connectivity index (χ0) is 24.9. The van der Waals surface area contributed by atoms with Crippen LogP contribution in [0.1, 0.15) is 30.3 Å². The monoisotopic (exact) mass is 510 g/mol. The number of para-hydroxylation sites is 2. The number of allylic oxidation sites excluding steroid dienone is 1. The van der Waals surface area contributed by atoms with Crippen LogP contribution < -0.4 is 4.74 Å². The molecule has 178 valence electrons. The van der Waals surface area contributed by atoms with Crippen LogP contribution >= 0.6 is 22.9 Å². The van der Waals surface area contributed by atoms with Crippen molar-refractivity contribution >= 4 is 44.8 Å². The topological polar surface area (TPSA) is 63.7 Å². The molecule has 2 heterocycles. The minimum absolute atomic E-state index is 0.482. The summed E-state index contributed by atoms with van der Waals surface area (Å²) in [5.41, 5.74) is 4.63. The molecule has 2 aromatic heterocycles. The third-order valence-electron chi connectivity index (χ3n) is 5.67. The van der Waals surface area contributed by atoms with Crippen LogP contribution in [-0.4, -0.2) is 21.4 Å². The van der Waals surface area contributed by atoms with Gasteiger partial charge in [-0.05, 0) is 55.0 Å². The fourth-order valence-electron chi connectivity index (χ4n) is 3.81. The van der Waals surface area contributed by atoms with Crippen LogP contribution in [0, 0.1) is 11.3 Å². The zero-order valence-electron chi connectivity index (χ0n) is 19.7. The van der Waals surface area contributed by atoms with E-state index in [0.29, 0.717) is 28.0 Å². The number of hydrogen-bond acceptors (Lipinski definition) is 5.